The zero-order chi connectivity index (χ0) is 23.8. The molecule has 180 valence electrons. The van der Waals surface area contributed by atoms with Crippen LogP contribution in [0, 0.1) is 11.6 Å². The fourth-order valence-electron chi connectivity index (χ4n) is 5.39. The van der Waals surface area contributed by atoms with Crippen molar-refractivity contribution in [2.45, 2.75) is 38.6 Å². The number of hydrogen-bond acceptors (Lipinski definition) is 4. The summed E-state index contributed by atoms with van der Waals surface area (Å²) in [6, 6.07) is 12.8. The summed E-state index contributed by atoms with van der Waals surface area (Å²) in [5.74, 6) is -0.636. The van der Waals surface area contributed by atoms with Crippen LogP contribution < -0.4 is 4.90 Å². The zero-order valence-electron chi connectivity index (χ0n) is 19.8. The van der Waals surface area contributed by atoms with E-state index in [-0.39, 0.29) is 0 Å². The molecule has 5 nitrogen and oxygen atoms in total. The first-order valence-electron chi connectivity index (χ1n) is 12.6. The Hall–Kier alpha value is -3.32. The van der Waals surface area contributed by atoms with Crippen molar-refractivity contribution >= 4 is 16.7 Å². The number of anilines is 1. The molecule has 0 saturated carbocycles. The van der Waals surface area contributed by atoms with Crippen LogP contribution in [0.2, 0.25) is 0 Å². The van der Waals surface area contributed by atoms with Crippen molar-refractivity contribution in [3.05, 3.63) is 72.1 Å². The molecular formula is C28H29F2N5. The standard InChI is InChI=1S/C28H29F2N5/c29-25-15-20(19-33-10-2-1-3-11-33)14-24(28(25)30)21-6-7-26-22(16-21)18-32-35(26)23-8-9-31-27(17-23)34-12-4-5-13-34/h6-9,14-18H,1-5,10-13,19H2. The van der Waals surface area contributed by atoms with Gasteiger partial charge in [0.25, 0.3) is 0 Å². The molecule has 7 heteroatoms. The highest BCUT2D eigenvalue weighted by Crippen LogP contribution is 2.31. The minimum absolute atomic E-state index is 0.298. The summed E-state index contributed by atoms with van der Waals surface area (Å²) >= 11 is 0. The van der Waals surface area contributed by atoms with Crippen LogP contribution in [-0.2, 0) is 6.54 Å². The van der Waals surface area contributed by atoms with E-state index in [0.29, 0.717) is 17.7 Å². The fraction of sp³-hybridized carbons (Fsp3) is 0.357. The van der Waals surface area contributed by atoms with Gasteiger partial charge in [-0.05, 0) is 80.2 Å². The van der Waals surface area contributed by atoms with Crippen LogP contribution in [-0.4, -0.2) is 45.8 Å². The lowest BCUT2D eigenvalue weighted by Crippen LogP contribution is -2.29. The molecule has 0 radical (unpaired) electrons. The summed E-state index contributed by atoms with van der Waals surface area (Å²) in [6.07, 6.45) is 9.54. The van der Waals surface area contributed by atoms with Gasteiger partial charge in [0, 0.05) is 42.8 Å². The van der Waals surface area contributed by atoms with Crippen molar-refractivity contribution in [1.82, 2.24) is 19.7 Å². The minimum Gasteiger partial charge on any atom is -0.357 e. The summed E-state index contributed by atoms with van der Waals surface area (Å²) in [4.78, 5) is 9.15. The average Bonchev–Trinajstić information content (AvgIpc) is 3.57. The number of nitrogens with zero attached hydrogens (tertiary/aromatic N) is 5. The van der Waals surface area contributed by atoms with Gasteiger partial charge in [-0.25, -0.2) is 18.4 Å². The van der Waals surface area contributed by atoms with Gasteiger partial charge in [0.15, 0.2) is 11.6 Å². The predicted molar refractivity (Wildman–Crippen MR) is 135 cm³/mol. The maximum Gasteiger partial charge on any atom is 0.166 e. The molecule has 0 N–H and O–H groups in total. The van der Waals surface area contributed by atoms with E-state index in [4.69, 9.17) is 0 Å². The Morgan fingerprint density at radius 2 is 1.63 bits per heavy atom. The second-order valence-corrected chi connectivity index (χ2v) is 9.67. The average molecular weight is 474 g/mol. The SMILES string of the molecule is Fc1cc(CN2CCCCC2)cc(-c2ccc3c(cnn3-c3ccnc(N4CCCC4)c3)c2)c1F. The molecule has 0 spiro atoms. The molecule has 2 fully saturated rings. The van der Waals surface area contributed by atoms with Crippen molar-refractivity contribution in [3.8, 4) is 16.8 Å². The van der Waals surface area contributed by atoms with Gasteiger partial charge in [0.2, 0.25) is 0 Å². The highest BCUT2D eigenvalue weighted by atomic mass is 19.2. The second-order valence-electron chi connectivity index (χ2n) is 9.67. The van der Waals surface area contributed by atoms with Crippen LogP contribution in [0.25, 0.3) is 27.7 Å². The molecule has 0 amide bonds. The molecule has 0 aliphatic carbocycles. The number of pyridine rings is 1. The van der Waals surface area contributed by atoms with Crippen LogP contribution in [0.3, 0.4) is 0 Å². The van der Waals surface area contributed by atoms with Crippen LogP contribution >= 0.6 is 0 Å². The summed E-state index contributed by atoms with van der Waals surface area (Å²) in [5, 5.41) is 5.48. The molecule has 2 saturated heterocycles. The number of hydrogen-bond donors (Lipinski definition) is 0. The second kappa shape index (κ2) is 9.38. The zero-order valence-corrected chi connectivity index (χ0v) is 19.8. The Labute approximate surface area is 204 Å². The summed E-state index contributed by atoms with van der Waals surface area (Å²) in [5.41, 5.74) is 3.61. The third-order valence-electron chi connectivity index (χ3n) is 7.23. The molecule has 6 rings (SSSR count). The lowest BCUT2D eigenvalue weighted by atomic mass is 10.00. The van der Waals surface area contributed by atoms with E-state index in [1.54, 1.807) is 12.3 Å². The Morgan fingerprint density at radius 3 is 2.46 bits per heavy atom. The van der Waals surface area contributed by atoms with E-state index in [2.05, 4.69) is 25.9 Å². The van der Waals surface area contributed by atoms with Crippen molar-refractivity contribution < 1.29 is 8.78 Å². The quantitative estimate of drug-likeness (QED) is 0.359. The maximum absolute atomic E-state index is 14.9. The molecular weight excluding hydrogens is 444 g/mol. The van der Waals surface area contributed by atoms with Gasteiger partial charge < -0.3 is 4.90 Å². The Bertz CT molecular complexity index is 1350. The molecule has 2 aromatic heterocycles. The largest absolute Gasteiger partial charge is 0.357 e. The van der Waals surface area contributed by atoms with Crippen molar-refractivity contribution in [1.29, 1.82) is 0 Å². The van der Waals surface area contributed by atoms with Gasteiger partial charge in [-0.2, -0.15) is 5.10 Å². The first-order valence-corrected chi connectivity index (χ1v) is 12.6. The number of piperidine rings is 1. The molecule has 0 atom stereocenters. The molecule has 2 aromatic carbocycles. The number of aromatic nitrogens is 3. The summed E-state index contributed by atoms with van der Waals surface area (Å²) < 4.78 is 31.3. The van der Waals surface area contributed by atoms with Crippen molar-refractivity contribution in [3.63, 3.8) is 0 Å². The van der Waals surface area contributed by atoms with E-state index in [1.807, 2.05) is 35.1 Å². The van der Waals surface area contributed by atoms with Gasteiger partial charge in [0.05, 0.1) is 17.4 Å². The lowest BCUT2D eigenvalue weighted by molar-refractivity contribution is 0.220. The first-order chi connectivity index (χ1) is 17.2. The topological polar surface area (TPSA) is 37.2 Å². The molecule has 2 aliphatic heterocycles. The molecule has 35 heavy (non-hydrogen) atoms. The maximum atomic E-state index is 14.9. The van der Waals surface area contributed by atoms with Crippen molar-refractivity contribution in [2.75, 3.05) is 31.1 Å². The van der Waals surface area contributed by atoms with Crippen LogP contribution in [0.15, 0.2) is 54.9 Å². The van der Waals surface area contributed by atoms with Gasteiger partial charge in [-0.1, -0.05) is 12.5 Å². The highest BCUT2D eigenvalue weighted by Gasteiger charge is 2.18. The van der Waals surface area contributed by atoms with E-state index in [0.717, 1.165) is 67.0 Å². The van der Waals surface area contributed by atoms with E-state index in [9.17, 15) is 8.78 Å². The molecule has 0 bridgehead atoms. The van der Waals surface area contributed by atoms with Gasteiger partial charge in [0.1, 0.15) is 5.82 Å². The normalized spacial score (nSPS) is 16.9. The van der Waals surface area contributed by atoms with E-state index >= 15 is 0 Å². The molecule has 2 aliphatic rings. The van der Waals surface area contributed by atoms with Gasteiger partial charge >= 0.3 is 0 Å². The van der Waals surface area contributed by atoms with Gasteiger partial charge in [-0.15, -0.1) is 0 Å². The van der Waals surface area contributed by atoms with Crippen LogP contribution in [0.5, 0.6) is 0 Å². The third-order valence-corrected chi connectivity index (χ3v) is 7.23. The Morgan fingerprint density at radius 1 is 0.829 bits per heavy atom. The fourth-order valence-corrected chi connectivity index (χ4v) is 5.39. The molecule has 4 aromatic rings. The first kappa shape index (κ1) is 22.2. The van der Waals surface area contributed by atoms with Crippen molar-refractivity contribution in [2.24, 2.45) is 0 Å². The smallest absolute Gasteiger partial charge is 0.166 e. The molecule has 4 heterocycles. The van der Waals surface area contributed by atoms with Crippen LogP contribution in [0.4, 0.5) is 14.6 Å². The van der Waals surface area contributed by atoms with E-state index in [1.165, 1.54) is 25.3 Å². The van der Waals surface area contributed by atoms with Crippen LogP contribution in [0.1, 0.15) is 37.7 Å². The minimum atomic E-state index is -0.802. The third kappa shape index (κ3) is 4.41. The number of likely N-dealkylation sites (tertiary alicyclic amines) is 1. The van der Waals surface area contributed by atoms with E-state index < -0.39 is 11.6 Å². The monoisotopic (exact) mass is 473 g/mol. The number of rotatable bonds is 5. The van der Waals surface area contributed by atoms with Gasteiger partial charge in [-0.3, -0.25) is 4.90 Å². The Kier molecular flexibility index (Phi) is 5.94. The lowest BCUT2D eigenvalue weighted by Gasteiger charge is -2.26. The highest BCUT2D eigenvalue weighted by molar-refractivity contribution is 5.86. The number of halogens is 2. The Balaban J connectivity index is 1.32. The predicted octanol–water partition coefficient (Wildman–Crippen LogP) is 5.95. The molecule has 0 unspecified atom stereocenters. The number of benzene rings is 2. The summed E-state index contributed by atoms with van der Waals surface area (Å²) in [7, 11) is 0. The number of fused-ring (bicyclic) bond motifs is 1. The summed E-state index contributed by atoms with van der Waals surface area (Å²) in [6.45, 7) is 4.71.